The van der Waals surface area contributed by atoms with E-state index in [2.05, 4.69) is 19.2 Å². The van der Waals surface area contributed by atoms with Crippen LogP contribution in [0.15, 0.2) is 0 Å². The van der Waals surface area contributed by atoms with E-state index >= 15 is 0 Å². The summed E-state index contributed by atoms with van der Waals surface area (Å²) in [6.45, 7) is 4.24. The van der Waals surface area contributed by atoms with Crippen molar-refractivity contribution in [3.8, 4) is 0 Å². The van der Waals surface area contributed by atoms with Crippen LogP contribution in [0, 0.1) is 0 Å². The van der Waals surface area contributed by atoms with Crippen molar-refractivity contribution >= 4 is 17.7 Å². The molecule has 76 valence electrons. The van der Waals surface area contributed by atoms with E-state index in [1.807, 2.05) is 0 Å². The number of thioether (sulfide) groups is 1. The molecule has 1 saturated carbocycles. The van der Waals surface area contributed by atoms with Gasteiger partial charge in [-0.2, -0.15) is 0 Å². The van der Waals surface area contributed by atoms with Crippen molar-refractivity contribution in [3.63, 3.8) is 0 Å². The highest BCUT2D eigenvalue weighted by molar-refractivity contribution is 8.00. The number of hydrogen-bond acceptors (Lipinski definition) is 2. The summed E-state index contributed by atoms with van der Waals surface area (Å²) in [6.07, 6.45) is 4.92. The van der Waals surface area contributed by atoms with Crippen LogP contribution in [0.4, 0.5) is 0 Å². The molecular formula is C10H19NOS. The van der Waals surface area contributed by atoms with Crippen LogP contribution in [0.3, 0.4) is 0 Å². The lowest BCUT2D eigenvalue weighted by molar-refractivity contribution is -0.119. The normalized spacial score (nSPS) is 18.1. The molecule has 0 radical (unpaired) electrons. The third-order valence-electron chi connectivity index (χ3n) is 2.27. The monoisotopic (exact) mass is 201 g/mol. The Morgan fingerprint density at radius 3 is 2.62 bits per heavy atom. The molecule has 0 aromatic carbocycles. The minimum atomic E-state index is 0.214. The van der Waals surface area contributed by atoms with Crippen LogP contribution in [-0.4, -0.2) is 23.0 Å². The SMILES string of the molecule is CC(C)SCC(=O)NC1CCCC1. The lowest BCUT2D eigenvalue weighted by Gasteiger charge is -2.12. The highest BCUT2D eigenvalue weighted by atomic mass is 32.2. The zero-order chi connectivity index (χ0) is 9.68. The zero-order valence-electron chi connectivity index (χ0n) is 8.51. The summed E-state index contributed by atoms with van der Waals surface area (Å²) < 4.78 is 0. The summed E-state index contributed by atoms with van der Waals surface area (Å²) in [7, 11) is 0. The largest absolute Gasteiger partial charge is 0.353 e. The Labute approximate surface area is 84.9 Å². The average molecular weight is 201 g/mol. The van der Waals surface area contributed by atoms with Crippen molar-refractivity contribution in [2.75, 3.05) is 5.75 Å². The molecule has 1 aliphatic rings. The van der Waals surface area contributed by atoms with E-state index < -0.39 is 0 Å². The molecule has 0 bridgehead atoms. The Morgan fingerprint density at radius 2 is 2.08 bits per heavy atom. The number of hydrogen-bond donors (Lipinski definition) is 1. The van der Waals surface area contributed by atoms with E-state index in [-0.39, 0.29) is 5.91 Å². The van der Waals surface area contributed by atoms with Gasteiger partial charge in [-0.15, -0.1) is 11.8 Å². The number of carbonyl (C=O) groups is 1. The maximum absolute atomic E-state index is 11.4. The molecule has 1 N–H and O–H groups in total. The van der Waals surface area contributed by atoms with Crippen molar-refractivity contribution in [2.24, 2.45) is 0 Å². The number of amides is 1. The highest BCUT2D eigenvalue weighted by Crippen LogP contribution is 2.18. The van der Waals surface area contributed by atoms with Gasteiger partial charge < -0.3 is 5.32 Å². The fourth-order valence-corrected chi connectivity index (χ4v) is 2.15. The lowest BCUT2D eigenvalue weighted by Crippen LogP contribution is -2.34. The summed E-state index contributed by atoms with van der Waals surface area (Å²) in [5, 5.41) is 3.62. The number of nitrogens with one attached hydrogen (secondary N) is 1. The van der Waals surface area contributed by atoms with Crippen LogP contribution >= 0.6 is 11.8 Å². The van der Waals surface area contributed by atoms with Crippen LogP contribution in [0.1, 0.15) is 39.5 Å². The van der Waals surface area contributed by atoms with Gasteiger partial charge in [-0.25, -0.2) is 0 Å². The van der Waals surface area contributed by atoms with E-state index in [1.54, 1.807) is 11.8 Å². The first-order valence-electron chi connectivity index (χ1n) is 5.09. The van der Waals surface area contributed by atoms with E-state index in [0.717, 1.165) is 0 Å². The molecule has 0 aliphatic heterocycles. The summed E-state index contributed by atoms with van der Waals surface area (Å²) in [5.74, 6) is 0.833. The van der Waals surface area contributed by atoms with Crippen LogP contribution in [-0.2, 0) is 4.79 Å². The second kappa shape index (κ2) is 5.53. The zero-order valence-corrected chi connectivity index (χ0v) is 9.32. The third-order valence-corrected chi connectivity index (χ3v) is 3.36. The predicted octanol–water partition coefficient (Wildman–Crippen LogP) is 2.19. The maximum atomic E-state index is 11.4. The number of rotatable bonds is 4. The van der Waals surface area contributed by atoms with Crippen molar-refractivity contribution in [3.05, 3.63) is 0 Å². The second-order valence-electron chi connectivity index (χ2n) is 3.91. The molecule has 0 atom stereocenters. The molecule has 1 rings (SSSR count). The highest BCUT2D eigenvalue weighted by Gasteiger charge is 2.16. The average Bonchev–Trinajstić information content (AvgIpc) is 2.53. The van der Waals surface area contributed by atoms with E-state index in [9.17, 15) is 4.79 Å². The van der Waals surface area contributed by atoms with Crippen molar-refractivity contribution in [1.29, 1.82) is 0 Å². The van der Waals surface area contributed by atoms with Crippen molar-refractivity contribution < 1.29 is 4.79 Å². The molecule has 1 aliphatic carbocycles. The van der Waals surface area contributed by atoms with Gasteiger partial charge in [-0.1, -0.05) is 26.7 Å². The van der Waals surface area contributed by atoms with E-state index in [1.165, 1.54) is 25.7 Å². The van der Waals surface area contributed by atoms with Crippen molar-refractivity contribution in [1.82, 2.24) is 5.32 Å². The van der Waals surface area contributed by atoms with Crippen molar-refractivity contribution in [2.45, 2.75) is 50.8 Å². The van der Waals surface area contributed by atoms with Gasteiger partial charge in [0, 0.05) is 6.04 Å². The summed E-state index contributed by atoms with van der Waals surface area (Å²) in [6, 6.07) is 0.472. The first kappa shape index (κ1) is 10.9. The van der Waals surface area contributed by atoms with Crippen LogP contribution in [0.25, 0.3) is 0 Å². The van der Waals surface area contributed by atoms with Gasteiger partial charge in [0.15, 0.2) is 0 Å². The van der Waals surface area contributed by atoms with Gasteiger partial charge >= 0.3 is 0 Å². The molecule has 3 heteroatoms. The number of carbonyl (C=O) groups excluding carboxylic acids is 1. The predicted molar refractivity (Wildman–Crippen MR) is 58.0 cm³/mol. The molecule has 0 aromatic rings. The first-order valence-corrected chi connectivity index (χ1v) is 6.14. The minimum absolute atomic E-state index is 0.214. The molecule has 13 heavy (non-hydrogen) atoms. The summed E-state index contributed by atoms with van der Waals surface area (Å²) in [4.78, 5) is 11.4. The van der Waals surface area contributed by atoms with Gasteiger partial charge in [-0.3, -0.25) is 4.79 Å². The van der Waals surface area contributed by atoms with Crippen LogP contribution in [0.2, 0.25) is 0 Å². The van der Waals surface area contributed by atoms with Crippen LogP contribution < -0.4 is 5.32 Å². The third kappa shape index (κ3) is 4.55. The minimum Gasteiger partial charge on any atom is -0.353 e. The second-order valence-corrected chi connectivity index (χ2v) is 5.47. The van der Waals surface area contributed by atoms with E-state index in [0.29, 0.717) is 17.0 Å². The fourth-order valence-electron chi connectivity index (χ4n) is 1.58. The van der Waals surface area contributed by atoms with Crippen LogP contribution in [0.5, 0.6) is 0 Å². The first-order chi connectivity index (χ1) is 6.18. The standard InChI is InChI=1S/C10H19NOS/c1-8(2)13-7-10(12)11-9-5-3-4-6-9/h8-9H,3-7H2,1-2H3,(H,11,12). The Kier molecular flexibility index (Phi) is 4.64. The van der Waals surface area contributed by atoms with Gasteiger partial charge in [-0.05, 0) is 18.1 Å². The molecule has 1 fully saturated rings. The molecule has 0 saturated heterocycles. The molecular weight excluding hydrogens is 182 g/mol. The van der Waals surface area contributed by atoms with E-state index in [4.69, 9.17) is 0 Å². The molecule has 2 nitrogen and oxygen atoms in total. The Balaban J connectivity index is 2.09. The molecule has 0 spiro atoms. The molecule has 0 unspecified atom stereocenters. The lowest BCUT2D eigenvalue weighted by atomic mass is 10.2. The van der Waals surface area contributed by atoms with Gasteiger partial charge in [0.1, 0.15) is 0 Å². The Bertz CT molecular complexity index is 164. The molecule has 1 amide bonds. The molecule has 0 heterocycles. The van der Waals surface area contributed by atoms with Gasteiger partial charge in [0.05, 0.1) is 5.75 Å². The smallest absolute Gasteiger partial charge is 0.230 e. The Hall–Kier alpha value is -0.180. The summed E-state index contributed by atoms with van der Waals surface area (Å²) >= 11 is 1.71. The van der Waals surface area contributed by atoms with Gasteiger partial charge in [0.25, 0.3) is 0 Å². The Morgan fingerprint density at radius 1 is 1.46 bits per heavy atom. The molecule has 0 aromatic heterocycles. The quantitative estimate of drug-likeness (QED) is 0.755. The topological polar surface area (TPSA) is 29.1 Å². The fraction of sp³-hybridized carbons (Fsp3) is 0.900. The van der Waals surface area contributed by atoms with Gasteiger partial charge in [0.2, 0.25) is 5.91 Å². The maximum Gasteiger partial charge on any atom is 0.230 e. The summed E-state index contributed by atoms with van der Waals surface area (Å²) in [5.41, 5.74) is 0.